The molecule has 120 valence electrons. The molecule has 1 amide bonds. The highest BCUT2D eigenvalue weighted by Crippen LogP contribution is 2.28. The minimum Gasteiger partial charge on any atom is -0.349 e. The van der Waals surface area contributed by atoms with Crippen molar-refractivity contribution in [2.45, 2.75) is 44.6 Å². The highest BCUT2D eigenvalue weighted by Gasteiger charge is 2.25. The number of carbonyl (C=O) groups is 1. The first-order chi connectivity index (χ1) is 11.3. The van der Waals surface area contributed by atoms with Crippen LogP contribution in [-0.4, -0.2) is 11.9 Å². The number of hydrogen-bond acceptors (Lipinski definition) is 1. The first-order valence-electron chi connectivity index (χ1n) is 8.73. The van der Waals surface area contributed by atoms with Gasteiger partial charge < -0.3 is 5.32 Å². The van der Waals surface area contributed by atoms with Crippen molar-refractivity contribution in [3.8, 4) is 0 Å². The molecule has 0 heterocycles. The fourth-order valence-electron chi connectivity index (χ4n) is 3.58. The highest BCUT2D eigenvalue weighted by atomic mass is 16.1. The second-order valence-electron chi connectivity index (χ2n) is 6.53. The molecule has 2 aromatic rings. The molecule has 1 fully saturated rings. The van der Waals surface area contributed by atoms with E-state index in [1.807, 2.05) is 36.4 Å². The van der Waals surface area contributed by atoms with Crippen LogP contribution in [0.5, 0.6) is 0 Å². The molecule has 2 nitrogen and oxygen atoms in total. The molecule has 0 spiro atoms. The van der Waals surface area contributed by atoms with E-state index in [4.69, 9.17) is 0 Å². The van der Waals surface area contributed by atoms with Crippen molar-refractivity contribution in [2.75, 3.05) is 0 Å². The lowest BCUT2D eigenvalue weighted by atomic mass is 9.81. The van der Waals surface area contributed by atoms with E-state index < -0.39 is 0 Å². The van der Waals surface area contributed by atoms with Crippen molar-refractivity contribution in [3.63, 3.8) is 0 Å². The van der Waals surface area contributed by atoms with Gasteiger partial charge >= 0.3 is 0 Å². The van der Waals surface area contributed by atoms with Crippen LogP contribution in [-0.2, 0) is 6.42 Å². The summed E-state index contributed by atoms with van der Waals surface area (Å²) >= 11 is 0. The van der Waals surface area contributed by atoms with Gasteiger partial charge in [-0.3, -0.25) is 4.79 Å². The van der Waals surface area contributed by atoms with Crippen molar-refractivity contribution < 1.29 is 4.79 Å². The standard InChI is InChI=1S/C21H25NO/c23-21(19-14-8-3-9-15-19)22-20(18-12-6-2-7-13-18)16-17-10-4-1-5-11-17/h1,3-5,8-11,14-15,18,20H,2,6-7,12-13,16H2,(H,22,23). The van der Waals surface area contributed by atoms with Gasteiger partial charge in [0.05, 0.1) is 0 Å². The SMILES string of the molecule is O=C(NC(Cc1ccccc1)C1CCCCC1)c1ccccc1. The number of rotatable bonds is 5. The lowest BCUT2D eigenvalue weighted by Crippen LogP contribution is -2.42. The normalized spacial score (nSPS) is 16.7. The number of amides is 1. The molecular formula is C21H25NO. The van der Waals surface area contributed by atoms with E-state index in [9.17, 15) is 4.79 Å². The van der Waals surface area contributed by atoms with E-state index in [-0.39, 0.29) is 11.9 Å². The van der Waals surface area contributed by atoms with Crippen LogP contribution in [0, 0.1) is 5.92 Å². The number of hydrogen-bond donors (Lipinski definition) is 1. The summed E-state index contributed by atoms with van der Waals surface area (Å²) in [5, 5.41) is 3.31. The van der Waals surface area contributed by atoms with Gasteiger partial charge in [0, 0.05) is 11.6 Å². The number of benzene rings is 2. The van der Waals surface area contributed by atoms with Crippen LogP contribution in [0.4, 0.5) is 0 Å². The lowest BCUT2D eigenvalue weighted by Gasteiger charge is -2.31. The average molecular weight is 307 g/mol. The molecule has 2 heteroatoms. The Bertz CT molecular complexity index is 602. The molecule has 1 unspecified atom stereocenters. The lowest BCUT2D eigenvalue weighted by molar-refractivity contribution is 0.0913. The van der Waals surface area contributed by atoms with Gasteiger partial charge in [-0.1, -0.05) is 67.8 Å². The van der Waals surface area contributed by atoms with Crippen LogP contribution in [0.1, 0.15) is 48.0 Å². The molecule has 1 aliphatic rings. The number of carbonyl (C=O) groups excluding carboxylic acids is 1. The highest BCUT2D eigenvalue weighted by molar-refractivity contribution is 5.94. The fourth-order valence-corrected chi connectivity index (χ4v) is 3.58. The van der Waals surface area contributed by atoms with Crippen LogP contribution in [0.15, 0.2) is 60.7 Å². The van der Waals surface area contributed by atoms with E-state index >= 15 is 0 Å². The van der Waals surface area contributed by atoms with Crippen LogP contribution in [0.3, 0.4) is 0 Å². The molecule has 3 rings (SSSR count). The van der Waals surface area contributed by atoms with E-state index in [0.29, 0.717) is 5.92 Å². The summed E-state index contributed by atoms with van der Waals surface area (Å²) in [6.07, 6.45) is 7.29. The first-order valence-corrected chi connectivity index (χ1v) is 8.73. The molecule has 23 heavy (non-hydrogen) atoms. The van der Waals surface area contributed by atoms with Gasteiger partial charge in [-0.15, -0.1) is 0 Å². The van der Waals surface area contributed by atoms with Crippen LogP contribution in [0.2, 0.25) is 0 Å². The molecule has 1 saturated carbocycles. The van der Waals surface area contributed by atoms with E-state index in [1.165, 1.54) is 37.7 Å². The largest absolute Gasteiger partial charge is 0.349 e. The fraction of sp³-hybridized carbons (Fsp3) is 0.381. The zero-order valence-corrected chi connectivity index (χ0v) is 13.6. The molecule has 2 aromatic carbocycles. The summed E-state index contributed by atoms with van der Waals surface area (Å²) in [5.74, 6) is 0.647. The Morgan fingerprint density at radius 3 is 2.17 bits per heavy atom. The van der Waals surface area contributed by atoms with Gasteiger partial charge in [-0.2, -0.15) is 0 Å². The van der Waals surface area contributed by atoms with Crippen molar-refractivity contribution in [2.24, 2.45) is 5.92 Å². The second-order valence-corrected chi connectivity index (χ2v) is 6.53. The molecule has 0 radical (unpaired) electrons. The Labute approximate surface area is 138 Å². The van der Waals surface area contributed by atoms with Crippen molar-refractivity contribution in [1.82, 2.24) is 5.32 Å². The van der Waals surface area contributed by atoms with Gasteiger partial charge in [-0.25, -0.2) is 0 Å². The minimum absolute atomic E-state index is 0.0529. The van der Waals surface area contributed by atoms with Gasteiger partial charge in [0.1, 0.15) is 0 Å². The third kappa shape index (κ3) is 4.44. The van der Waals surface area contributed by atoms with E-state index in [2.05, 4.69) is 29.6 Å². The predicted molar refractivity (Wildman–Crippen MR) is 94.4 cm³/mol. The minimum atomic E-state index is 0.0529. The number of nitrogens with one attached hydrogen (secondary N) is 1. The zero-order chi connectivity index (χ0) is 15.9. The molecule has 0 aliphatic heterocycles. The monoisotopic (exact) mass is 307 g/mol. The quantitative estimate of drug-likeness (QED) is 0.859. The van der Waals surface area contributed by atoms with E-state index in [1.54, 1.807) is 0 Å². The Morgan fingerprint density at radius 1 is 0.913 bits per heavy atom. The van der Waals surface area contributed by atoms with Gasteiger partial charge in [0.15, 0.2) is 0 Å². The summed E-state index contributed by atoms with van der Waals surface area (Å²) in [7, 11) is 0. The summed E-state index contributed by atoms with van der Waals surface area (Å²) in [6.45, 7) is 0. The summed E-state index contributed by atoms with van der Waals surface area (Å²) < 4.78 is 0. The maximum atomic E-state index is 12.6. The molecule has 0 aromatic heterocycles. The zero-order valence-electron chi connectivity index (χ0n) is 13.6. The molecular weight excluding hydrogens is 282 g/mol. The third-order valence-electron chi connectivity index (χ3n) is 4.87. The molecule has 0 saturated heterocycles. The summed E-state index contributed by atoms with van der Waals surface area (Å²) in [5.41, 5.74) is 2.05. The summed E-state index contributed by atoms with van der Waals surface area (Å²) in [4.78, 5) is 12.6. The Morgan fingerprint density at radius 2 is 1.52 bits per heavy atom. The third-order valence-corrected chi connectivity index (χ3v) is 4.87. The Hall–Kier alpha value is -2.09. The molecule has 1 atom stereocenters. The smallest absolute Gasteiger partial charge is 0.251 e. The molecule has 1 aliphatic carbocycles. The average Bonchev–Trinajstić information content (AvgIpc) is 2.63. The maximum absolute atomic E-state index is 12.6. The van der Waals surface area contributed by atoms with Crippen molar-refractivity contribution in [1.29, 1.82) is 0 Å². The molecule has 0 bridgehead atoms. The van der Waals surface area contributed by atoms with Gasteiger partial charge in [0.2, 0.25) is 0 Å². The van der Waals surface area contributed by atoms with Crippen LogP contribution in [0.25, 0.3) is 0 Å². The van der Waals surface area contributed by atoms with Gasteiger partial charge in [0.25, 0.3) is 5.91 Å². The Balaban J connectivity index is 1.73. The van der Waals surface area contributed by atoms with Crippen LogP contribution < -0.4 is 5.32 Å². The van der Waals surface area contributed by atoms with Crippen LogP contribution >= 0.6 is 0 Å². The maximum Gasteiger partial charge on any atom is 0.251 e. The van der Waals surface area contributed by atoms with Crippen molar-refractivity contribution >= 4 is 5.91 Å². The van der Waals surface area contributed by atoms with Gasteiger partial charge in [-0.05, 0) is 42.9 Å². The predicted octanol–water partition coefficient (Wildman–Crippen LogP) is 4.61. The summed E-state index contributed by atoms with van der Waals surface area (Å²) in [6, 6.07) is 20.3. The first kappa shape index (κ1) is 15.8. The Kier molecular flexibility index (Phi) is 5.46. The molecule has 1 N–H and O–H groups in total. The topological polar surface area (TPSA) is 29.1 Å². The second kappa shape index (κ2) is 7.96. The van der Waals surface area contributed by atoms with Crippen molar-refractivity contribution in [3.05, 3.63) is 71.8 Å². The van der Waals surface area contributed by atoms with E-state index in [0.717, 1.165) is 12.0 Å².